The fraction of sp³-hybridized carbons (Fsp3) is 0.310. The Morgan fingerprint density at radius 1 is 1.05 bits per heavy atom. The lowest BCUT2D eigenvalue weighted by Crippen LogP contribution is -2.46. The first-order valence-electron chi connectivity index (χ1n) is 13.1. The van der Waals surface area contributed by atoms with Gasteiger partial charge in [-0.3, -0.25) is 4.40 Å². The van der Waals surface area contributed by atoms with E-state index in [-0.39, 0.29) is 6.61 Å². The second kappa shape index (κ2) is 10.3. The maximum absolute atomic E-state index is 9.44. The minimum atomic E-state index is 0.128. The summed E-state index contributed by atoms with van der Waals surface area (Å²) in [6, 6.07) is 12.5. The fourth-order valence-electron chi connectivity index (χ4n) is 5.42. The number of aliphatic hydroxyl groups excluding tert-OH is 1. The average molecular weight is 530 g/mol. The first kappa shape index (κ1) is 24.7. The maximum atomic E-state index is 9.44. The number of anilines is 3. The number of imidazole rings is 1. The summed E-state index contributed by atoms with van der Waals surface area (Å²) in [5.41, 5.74) is 6.86. The molecule has 1 fully saturated rings. The van der Waals surface area contributed by atoms with Gasteiger partial charge in [0.2, 0.25) is 0 Å². The molecule has 38 heavy (non-hydrogen) atoms. The lowest BCUT2D eigenvalue weighted by molar-refractivity contribution is 0.271. The Bertz CT molecular complexity index is 1580. The van der Waals surface area contributed by atoms with Crippen molar-refractivity contribution in [1.82, 2.24) is 23.8 Å². The number of benzene rings is 1. The number of pyridine rings is 2. The highest BCUT2D eigenvalue weighted by atomic mass is 35.5. The number of nitrogens with one attached hydrogen (secondary N) is 1. The molecule has 8 nitrogen and oxygen atoms in total. The Morgan fingerprint density at radius 2 is 1.89 bits per heavy atom. The summed E-state index contributed by atoms with van der Waals surface area (Å²) < 4.78 is 3.99. The highest BCUT2D eigenvalue weighted by molar-refractivity contribution is 6.32. The first-order valence-corrected chi connectivity index (χ1v) is 13.5. The van der Waals surface area contributed by atoms with E-state index in [4.69, 9.17) is 16.6 Å². The van der Waals surface area contributed by atoms with E-state index in [2.05, 4.69) is 62.1 Å². The van der Waals surface area contributed by atoms with E-state index in [1.54, 1.807) is 6.20 Å². The number of piperazine rings is 1. The highest BCUT2D eigenvalue weighted by Gasteiger charge is 2.18. The normalized spacial score (nSPS) is 14.6. The summed E-state index contributed by atoms with van der Waals surface area (Å²) >= 11 is 6.90. The Labute approximate surface area is 227 Å². The number of aliphatic hydroxyl groups is 1. The number of halogens is 1. The van der Waals surface area contributed by atoms with Gasteiger partial charge in [-0.15, -0.1) is 0 Å². The van der Waals surface area contributed by atoms with Crippen molar-refractivity contribution in [3.05, 3.63) is 71.9 Å². The van der Waals surface area contributed by atoms with Crippen LogP contribution >= 0.6 is 11.6 Å². The first-order chi connectivity index (χ1) is 18.6. The third-order valence-corrected chi connectivity index (χ3v) is 7.95. The van der Waals surface area contributed by atoms with Crippen LogP contribution in [0.1, 0.15) is 12.5 Å². The molecule has 0 atom stereocenters. The molecule has 4 aromatic heterocycles. The monoisotopic (exact) mass is 529 g/mol. The number of aromatic nitrogens is 4. The van der Waals surface area contributed by atoms with Gasteiger partial charge in [-0.1, -0.05) is 30.7 Å². The zero-order valence-corrected chi connectivity index (χ0v) is 22.5. The number of hydrogen-bond acceptors (Lipinski definition) is 6. The van der Waals surface area contributed by atoms with Gasteiger partial charge in [0.15, 0.2) is 5.65 Å². The molecule has 5 heterocycles. The summed E-state index contributed by atoms with van der Waals surface area (Å²) in [4.78, 5) is 14.1. The van der Waals surface area contributed by atoms with Crippen molar-refractivity contribution < 1.29 is 5.11 Å². The third kappa shape index (κ3) is 4.49. The average Bonchev–Trinajstić information content (AvgIpc) is 3.56. The van der Waals surface area contributed by atoms with E-state index in [9.17, 15) is 5.11 Å². The second-order valence-electron chi connectivity index (χ2n) is 9.80. The molecule has 1 aliphatic rings. The lowest BCUT2D eigenvalue weighted by Gasteiger charge is -2.35. The van der Waals surface area contributed by atoms with Crippen LogP contribution in [0.2, 0.25) is 5.15 Å². The Kier molecular flexibility index (Phi) is 6.69. The highest BCUT2D eigenvalue weighted by Crippen LogP contribution is 2.36. The smallest absolute Gasteiger partial charge is 0.161 e. The minimum absolute atomic E-state index is 0.128. The van der Waals surface area contributed by atoms with Crippen molar-refractivity contribution >= 4 is 45.3 Å². The largest absolute Gasteiger partial charge is 0.396 e. The molecule has 1 saturated heterocycles. The predicted octanol–water partition coefficient (Wildman–Crippen LogP) is 4.96. The molecule has 0 unspecified atom stereocenters. The van der Waals surface area contributed by atoms with Gasteiger partial charge in [0.1, 0.15) is 11.0 Å². The molecule has 1 aromatic carbocycles. The number of rotatable bonds is 7. The van der Waals surface area contributed by atoms with Crippen LogP contribution in [0.3, 0.4) is 0 Å². The number of likely N-dealkylation sites (N-methyl/N-ethyl adjacent to an activating group) is 1. The van der Waals surface area contributed by atoms with Crippen molar-refractivity contribution in [3.8, 4) is 11.1 Å². The molecule has 2 N–H and O–H groups in total. The lowest BCUT2D eigenvalue weighted by atomic mass is 10.0. The van der Waals surface area contributed by atoms with Crippen LogP contribution in [0.5, 0.6) is 0 Å². The molecule has 196 valence electrons. The van der Waals surface area contributed by atoms with E-state index < -0.39 is 0 Å². The number of hydrogen-bond donors (Lipinski definition) is 2. The van der Waals surface area contributed by atoms with Crippen molar-refractivity contribution in [3.63, 3.8) is 0 Å². The van der Waals surface area contributed by atoms with Crippen molar-refractivity contribution in [2.24, 2.45) is 7.05 Å². The quantitative estimate of drug-likeness (QED) is 0.290. The molecule has 9 heteroatoms. The van der Waals surface area contributed by atoms with Gasteiger partial charge in [-0.2, -0.15) is 0 Å². The minimum Gasteiger partial charge on any atom is -0.396 e. The van der Waals surface area contributed by atoms with Gasteiger partial charge < -0.3 is 24.8 Å². The summed E-state index contributed by atoms with van der Waals surface area (Å²) in [5, 5.41) is 14.7. The number of fused-ring (bicyclic) bond motifs is 2. The summed E-state index contributed by atoms with van der Waals surface area (Å²) in [5.74, 6) is 0.755. The van der Waals surface area contributed by atoms with Crippen molar-refractivity contribution in [2.45, 2.75) is 13.3 Å². The van der Waals surface area contributed by atoms with Gasteiger partial charge in [0, 0.05) is 74.9 Å². The van der Waals surface area contributed by atoms with Gasteiger partial charge in [-0.05, 0) is 48.4 Å². The Hall–Kier alpha value is -3.59. The van der Waals surface area contributed by atoms with Crippen LogP contribution < -0.4 is 10.2 Å². The van der Waals surface area contributed by atoms with Gasteiger partial charge in [-0.25, -0.2) is 9.97 Å². The third-order valence-electron chi connectivity index (χ3n) is 7.56. The van der Waals surface area contributed by atoms with Crippen LogP contribution in [0.25, 0.3) is 27.7 Å². The van der Waals surface area contributed by atoms with Gasteiger partial charge in [0.25, 0.3) is 0 Å². The summed E-state index contributed by atoms with van der Waals surface area (Å²) in [7, 11) is 2.03. The zero-order valence-electron chi connectivity index (χ0n) is 21.7. The van der Waals surface area contributed by atoms with Crippen LogP contribution in [0, 0.1) is 0 Å². The number of nitrogens with zero attached hydrogens (tertiary/aromatic N) is 6. The zero-order chi connectivity index (χ0) is 26.2. The van der Waals surface area contributed by atoms with E-state index in [1.807, 2.05) is 36.0 Å². The van der Waals surface area contributed by atoms with Crippen molar-refractivity contribution in [1.29, 1.82) is 0 Å². The standard InChI is InChI=1S/C29H32ClN7O/c1-3-35-11-13-36(14-12-35)22-5-7-27(32-18-22)33-25-17-24(28(30)37-10-9-31-29(25)37)20-4-6-23-21(8-15-38)19-34(2)26(23)16-20/h4-7,9-10,16-19,38H,3,8,11-15H2,1-2H3,(H,32,33). The van der Waals surface area contributed by atoms with Crippen LogP contribution in [0.4, 0.5) is 17.2 Å². The van der Waals surface area contributed by atoms with Gasteiger partial charge in [0.05, 0.1) is 17.6 Å². The van der Waals surface area contributed by atoms with E-state index in [0.717, 1.165) is 83.2 Å². The van der Waals surface area contributed by atoms with Crippen LogP contribution in [0.15, 0.2) is 61.2 Å². The number of aryl methyl sites for hydroxylation is 1. The summed E-state index contributed by atoms with van der Waals surface area (Å²) in [6.45, 7) is 7.65. The predicted molar refractivity (Wildman–Crippen MR) is 155 cm³/mol. The molecule has 6 rings (SSSR count). The molecule has 0 radical (unpaired) electrons. The van der Waals surface area contributed by atoms with Crippen LogP contribution in [-0.2, 0) is 13.5 Å². The molecule has 5 aromatic rings. The van der Waals surface area contributed by atoms with Gasteiger partial charge >= 0.3 is 0 Å². The summed E-state index contributed by atoms with van der Waals surface area (Å²) in [6.07, 6.45) is 8.28. The van der Waals surface area contributed by atoms with Crippen molar-refractivity contribution in [2.75, 3.05) is 49.5 Å². The molecule has 0 spiro atoms. The Balaban J connectivity index is 1.32. The van der Waals surface area contributed by atoms with E-state index in [0.29, 0.717) is 11.6 Å². The fourth-order valence-corrected chi connectivity index (χ4v) is 5.72. The SMILES string of the molecule is CCN1CCN(c2ccc(Nc3cc(-c4ccc5c(CCO)cn(C)c5c4)c(Cl)n4ccnc34)nc2)CC1. The molecule has 0 amide bonds. The maximum Gasteiger partial charge on any atom is 0.161 e. The molecular weight excluding hydrogens is 498 g/mol. The topological polar surface area (TPSA) is 73.9 Å². The second-order valence-corrected chi connectivity index (χ2v) is 10.2. The van der Waals surface area contributed by atoms with Crippen LogP contribution in [-0.4, -0.2) is 68.3 Å². The molecule has 0 bridgehead atoms. The van der Waals surface area contributed by atoms with E-state index >= 15 is 0 Å². The van der Waals surface area contributed by atoms with E-state index in [1.165, 1.54) is 0 Å². The molecule has 0 saturated carbocycles. The molecule has 1 aliphatic heterocycles. The Morgan fingerprint density at radius 3 is 2.63 bits per heavy atom. The molecular formula is C29H32ClN7O. The molecule has 0 aliphatic carbocycles.